The highest BCUT2D eigenvalue weighted by Crippen LogP contribution is 2.22. The number of carbonyl (C=O) groups is 2. The molecule has 0 aliphatic rings. The molecule has 0 unspecified atom stereocenters. The molecule has 0 spiro atoms. The molecule has 0 atom stereocenters. The van der Waals surface area contributed by atoms with Crippen LogP contribution in [0.2, 0.25) is 0 Å². The Hall–Kier alpha value is -3.03. The van der Waals surface area contributed by atoms with Gasteiger partial charge in [0, 0.05) is 18.2 Å². The van der Waals surface area contributed by atoms with E-state index in [9.17, 15) is 19.7 Å². The summed E-state index contributed by atoms with van der Waals surface area (Å²) in [7, 11) is 0. The largest absolute Gasteiger partial charge is 0.326 e. The minimum absolute atomic E-state index is 0.0705. The van der Waals surface area contributed by atoms with Crippen LogP contribution in [-0.2, 0) is 11.3 Å². The maximum absolute atomic E-state index is 12.3. The number of ketones is 1. The molecule has 23 heavy (non-hydrogen) atoms. The Balaban J connectivity index is 2.18. The zero-order chi connectivity index (χ0) is 17.1. The van der Waals surface area contributed by atoms with Gasteiger partial charge in [0.05, 0.1) is 4.92 Å². The summed E-state index contributed by atoms with van der Waals surface area (Å²) in [5.74, 6) is -0.418. The first kappa shape index (κ1) is 16.3. The van der Waals surface area contributed by atoms with Gasteiger partial charge in [0.25, 0.3) is 0 Å². The van der Waals surface area contributed by atoms with E-state index in [0.29, 0.717) is 16.9 Å². The van der Waals surface area contributed by atoms with E-state index in [0.717, 1.165) is 0 Å². The molecule has 0 saturated carbocycles. The highest BCUT2D eigenvalue weighted by Gasteiger charge is 2.22. The van der Waals surface area contributed by atoms with Crippen molar-refractivity contribution in [1.29, 1.82) is 0 Å². The van der Waals surface area contributed by atoms with Crippen molar-refractivity contribution in [2.75, 3.05) is 5.32 Å². The SMILES string of the molecule is CC(=O)Nc1ccc(C(=O)Cn2nc(C)c([N+](=O)[O-])c2C)cc1. The standard InChI is InChI=1S/C15H16N4O4/c1-9-15(19(22)23)10(2)18(17-9)8-14(21)12-4-6-13(7-5-12)16-11(3)20/h4-7H,8H2,1-3H3,(H,16,20). The van der Waals surface area contributed by atoms with Gasteiger partial charge < -0.3 is 5.32 Å². The van der Waals surface area contributed by atoms with E-state index in [-0.39, 0.29) is 29.6 Å². The van der Waals surface area contributed by atoms with Gasteiger partial charge in [-0.15, -0.1) is 0 Å². The molecule has 0 bridgehead atoms. The van der Waals surface area contributed by atoms with Crippen LogP contribution in [-0.4, -0.2) is 26.4 Å². The predicted octanol–water partition coefficient (Wildman–Crippen LogP) is 2.25. The zero-order valence-corrected chi connectivity index (χ0v) is 13.0. The van der Waals surface area contributed by atoms with Crippen LogP contribution < -0.4 is 5.32 Å². The molecule has 2 aromatic rings. The highest BCUT2D eigenvalue weighted by molar-refractivity contribution is 5.97. The number of hydrogen-bond donors (Lipinski definition) is 1. The molecular weight excluding hydrogens is 300 g/mol. The molecule has 1 N–H and O–H groups in total. The molecule has 1 aromatic carbocycles. The predicted molar refractivity (Wildman–Crippen MR) is 83.4 cm³/mol. The molecule has 8 nitrogen and oxygen atoms in total. The smallest absolute Gasteiger partial charge is 0.312 e. The maximum Gasteiger partial charge on any atom is 0.312 e. The van der Waals surface area contributed by atoms with Gasteiger partial charge in [-0.05, 0) is 38.1 Å². The second-order valence-corrected chi connectivity index (χ2v) is 5.12. The number of Topliss-reactive ketones (excluding diaryl/α,β-unsaturated/α-hetero) is 1. The number of carbonyl (C=O) groups excluding carboxylic acids is 2. The number of aromatic nitrogens is 2. The Labute approximate surface area is 132 Å². The molecule has 120 valence electrons. The topological polar surface area (TPSA) is 107 Å². The van der Waals surface area contributed by atoms with E-state index in [4.69, 9.17) is 0 Å². The van der Waals surface area contributed by atoms with Crippen LogP contribution in [0.4, 0.5) is 11.4 Å². The minimum atomic E-state index is -0.499. The third-order valence-electron chi connectivity index (χ3n) is 3.35. The third kappa shape index (κ3) is 3.60. The lowest BCUT2D eigenvalue weighted by atomic mass is 10.1. The van der Waals surface area contributed by atoms with Crippen molar-refractivity contribution in [3.8, 4) is 0 Å². The normalized spacial score (nSPS) is 10.4. The zero-order valence-electron chi connectivity index (χ0n) is 13.0. The molecule has 0 aliphatic carbocycles. The summed E-state index contributed by atoms with van der Waals surface area (Å²) in [6, 6.07) is 6.43. The lowest BCUT2D eigenvalue weighted by Gasteiger charge is -2.05. The van der Waals surface area contributed by atoms with E-state index in [1.54, 1.807) is 31.2 Å². The van der Waals surface area contributed by atoms with Gasteiger partial charge >= 0.3 is 5.69 Å². The molecule has 1 aromatic heterocycles. The van der Waals surface area contributed by atoms with Crippen LogP contribution in [0.25, 0.3) is 0 Å². The van der Waals surface area contributed by atoms with Crippen molar-refractivity contribution >= 4 is 23.1 Å². The van der Waals surface area contributed by atoms with Gasteiger partial charge in [-0.25, -0.2) is 0 Å². The summed E-state index contributed by atoms with van der Waals surface area (Å²) in [5.41, 5.74) is 1.58. The maximum atomic E-state index is 12.3. The number of nitro groups is 1. The fourth-order valence-electron chi connectivity index (χ4n) is 2.28. The summed E-state index contributed by atoms with van der Waals surface area (Å²) in [6.07, 6.45) is 0. The fraction of sp³-hybridized carbons (Fsp3) is 0.267. The fourth-order valence-corrected chi connectivity index (χ4v) is 2.28. The van der Waals surface area contributed by atoms with Gasteiger partial charge in [0.15, 0.2) is 5.78 Å². The summed E-state index contributed by atoms with van der Waals surface area (Å²) in [6.45, 7) is 4.41. The van der Waals surface area contributed by atoms with Crippen LogP contribution in [0.1, 0.15) is 28.7 Å². The number of hydrogen-bond acceptors (Lipinski definition) is 5. The first-order valence-electron chi connectivity index (χ1n) is 6.89. The Bertz CT molecular complexity index is 778. The molecule has 1 heterocycles. The van der Waals surface area contributed by atoms with Crippen molar-refractivity contribution in [3.63, 3.8) is 0 Å². The van der Waals surface area contributed by atoms with Gasteiger partial charge in [-0.3, -0.25) is 24.4 Å². The molecule has 8 heteroatoms. The van der Waals surface area contributed by atoms with Crippen LogP contribution >= 0.6 is 0 Å². The quantitative estimate of drug-likeness (QED) is 0.517. The summed E-state index contributed by atoms with van der Waals surface area (Å²) >= 11 is 0. The Morgan fingerprint density at radius 2 is 1.87 bits per heavy atom. The van der Waals surface area contributed by atoms with E-state index in [1.165, 1.54) is 18.5 Å². The lowest BCUT2D eigenvalue weighted by molar-refractivity contribution is -0.386. The number of rotatable bonds is 5. The summed E-state index contributed by atoms with van der Waals surface area (Å²) < 4.78 is 1.33. The summed E-state index contributed by atoms with van der Waals surface area (Å²) in [5, 5.41) is 17.6. The summed E-state index contributed by atoms with van der Waals surface area (Å²) in [4.78, 5) is 33.7. The molecular formula is C15H16N4O4. The van der Waals surface area contributed by atoms with E-state index >= 15 is 0 Å². The van der Waals surface area contributed by atoms with Gasteiger partial charge in [-0.2, -0.15) is 5.10 Å². The number of nitrogens with one attached hydrogen (secondary N) is 1. The van der Waals surface area contributed by atoms with Gasteiger partial charge in [0.2, 0.25) is 5.91 Å². The van der Waals surface area contributed by atoms with E-state index in [2.05, 4.69) is 10.4 Å². The minimum Gasteiger partial charge on any atom is -0.326 e. The van der Waals surface area contributed by atoms with Crippen molar-refractivity contribution in [2.45, 2.75) is 27.3 Å². The average Bonchev–Trinajstić information content (AvgIpc) is 2.73. The molecule has 0 radical (unpaired) electrons. The van der Waals surface area contributed by atoms with Crippen LogP contribution in [0.5, 0.6) is 0 Å². The van der Waals surface area contributed by atoms with Gasteiger partial charge in [0.1, 0.15) is 17.9 Å². The second-order valence-electron chi connectivity index (χ2n) is 5.12. The highest BCUT2D eigenvalue weighted by atomic mass is 16.6. The third-order valence-corrected chi connectivity index (χ3v) is 3.35. The number of benzene rings is 1. The van der Waals surface area contributed by atoms with Crippen molar-refractivity contribution in [2.24, 2.45) is 0 Å². The second kappa shape index (κ2) is 6.39. The number of anilines is 1. The molecule has 0 fully saturated rings. The van der Waals surface area contributed by atoms with Crippen molar-refractivity contribution < 1.29 is 14.5 Å². The Kier molecular flexibility index (Phi) is 4.54. The first-order valence-corrected chi connectivity index (χ1v) is 6.89. The van der Waals surface area contributed by atoms with Crippen molar-refractivity contribution in [3.05, 3.63) is 51.3 Å². The van der Waals surface area contributed by atoms with Crippen LogP contribution in [0.3, 0.4) is 0 Å². The Morgan fingerprint density at radius 1 is 1.26 bits per heavy atom. The Morgan fingerprint density at radius 3 is 2.35 bits per heavy atom. The molecule has 0 saturated heterocycles. The number of nitrogens with zero attached hydrogens (tertiary/aromatic N) is 3. The molecule has 1 amide bonds. The molecule has 0 aliphatic heterocycles. The van der Waals surface area contributed by atoms with E-state index < -0.39 is 4.92 Å². The van der Waals surface area contributed by atoms with Crippen LogP contribution in [0, 0.1) is 24.0 Å². The van der Waals surface area contributed by atoms with Gasteiger partial charge in [-0.1, -0.05) is 0 Å². The average molecular weight is 316 g/mol. The molecule has 2 rings (SSSR count). The monoisotopic (exact) mass is 316 g/mol. The van der Waals surface area contributed by atoms with Crippen LogP contribution in [0.15, 0.2) is 24.3 Å². The first-order chi connectivity index (χ1) is 10.8. The number of aryl methyl sites for hydroxylation is 1. The lowest BCUT2D eigenvalue weighted by Crippen LogP contribution is -2.13. The van der Waals surface area contributed by atoms with Crippen molar-refractivity contribution in [1.82, 2.24) is 9.78 Å². The number of amides is 1. The van der Waals surface area contributed by atoms with E-state index in [1.807, 2.05) is 0 Å².